The molecule has 0 bridgehead atoms. The number of nitrogens with one attached hydrogen (secondary N) is 1. The lowest BCUT2D eigenvalue weighted by molar-refractivity contribution is 0.0915. The second-order valence-electron chi connectivity index (χ2n) is 5.22. The van der Waals surface area contributed by atoms with Gasteiger partial charge in [-0.05, 0) is 24.3 Å². The summed E-state index contributed by atoms with van der Waals surface area (Å²) in [5.41, 5.74) is 0. The van der Waals surface area contributed by atoms with E-state index in [1.54, 1.807) is 12.1 Å². The number of ether oxygens (including phenoxy) is 1. The third kappa shape index (κ3) is 3.78. The van der Waals surface area contributed by atoms with Gasteiger partial charge in [-0.3, -0.25) is 4.79 Å². The van der Waals surface area contributed by atoms with Crippen molar-refractivity contribution < 1.29 is 40.3 Å². The SMILES string of the molecule is O=C(NCc1ccco1)c1ccc(COc2c(F)c(F)c(F)c(F)c2F)o1. The number of amides is 1. The molecule has 0 aliphatic carbocycles. The average molecular weight is 387 g/mol. The van der Waals surface area contributed by atoms with Gasteiger partial charge in [-0.25, -0.2) is 13.2 Å². The molecule has 1 N–H and O–H groups in total. The molecule has 0 radical (unpaired) electrons. The van der Waals surface area contributed by atoms with Crippen molar-refractivity contribution in [3.63, 3.8) is 0 Å². The fraction of sp³-hybridized carbons (Fsp3) is 0.118. The molecule has 1 amide bonds. The van der Waals surface area contributed by atoms with Crippen LogP contribution in [0, 0.1) is 29.1 Å². The molecule has 0 saturated carbocycles. The molecule has 0 saturated heterocycles. The summed E-state index contributed by atoms with van der Waals surface area (Å²) in [6.07, 6.45) is 1.43. The van der Waals surface area contributed by atoms with Gasteiger partial charge < -0.3 is 18.9 Å². The molecule has 27 heavy (non-hydrogen) atoms. The fourth-order valence-corrected chi connectivity index (χ4v) is 2.10. The maximum absolute atomic E-state index is 13.5. The van der Waals surface area contributed by atoms with Gasteiger partial charge in [-0.1, -0.05) is 0 Å². The monoisotopic (exact) mass is 387 g/mol. The van der Waals surface area contributed by atoms with Gasteiger partial charge in [0.05, 0.1) is 12.8 Å². The topological polar surface area (TPSA) is 64.6 Å². The van der Waals surface area contributed by atoms with Crippen molar-refractivity contribution in [2.24, 2.45) is 0 Å². The Labute approximate surface area is 148 Å². The molecular formula is C17H10F5NO4. The van der Waals surface area contributed by atoms with Crippen LogP contribution in [0.1, 0.15) is 22.1 Å². The van der Waals surface area contributed by atoms with Gasteiger partial charge in [0.2, 0.25) is 29.1 Å². The van der Waals surface area contributed by atoms with Crippen molar-refractivity contribution in [2.75, 3.05) is 0 Å². The number of benzene rings is 1. The Bertz CT molecular complexity index is 939. The third-order valence-corrected chi connectivity index (χ3v) is 3.42. The quantitative estimate of drug-likeness (QED) is 0.393. The molecule has 142 valence electrons. The highest BCUT2D eigenvalue weighted by atomic mass is 19.2. The largest absolute Gasteiger partial charge is 0.479 e. The van der Waals surface area contributed by atoms with E-state index in [1.807, 2.05) is 0 Å². The van der Waals surface area contributed by atoms with E-state index in [4.69, 9.17) is 8.83 Å². The number of hydrogen-bond donors (Lipinski definition) is 1. The van der Waals surface area contributed by atoms with Crippen LogP contribution in [0.4, 0.5) is 22.0 Å². The van der Waals surface area contributed by atoms with Gasteiger partial charge in [0.1, 0.15) is 18.1 Å². The molecule has 3 rings (SSSR count). The van der Waals surface area contributed by atoms with Crippen molar-refractivity contribution in [3.05, 3.63) is 76.9 Å². The maximum atomic E-state index is 13.5. The zero-order valence-corrected chi connectivity index (χ0v) is 13.3. The van der Waals surface area contributed by atoms with Crippen molar-refractivity contribution in [3.8, 4) is 5.75 Å². The zero-order chi connectivity index (χ0) is 19.6. The molecule has 0 aliphatic heterocycles. The minimum Gasteiger partial charge on any atom is -0.479 e. The number of carbonyl (C=O) groups excluding carboxylic acids is 1. The number of hydrogen-bond acceptors (Lipinski definition) is 4. The fourth-order valence-electron chi connectivity index (χ4n) is 2.10. The van der Waals surface area contributed by atoms with Crippen LogP contribution >= 0.6 is 0 Å². The van der Waals surface area contributed by atoms with E-state index in [0.717, 1.165) is 0 Å². The van der Waals surface area contributed by atoms with Crippen LogP contribution in [0.15, 0.2) is 39.4 Å². The molecule has 0 unspecified atom stereocenters. The maximum Gasteiger partial charge on any atom is 0.287 e. The Hall–Kier alpha value is -3.30. The van der Waals surface area contributed by atoms with E-state index in [2.05, 4.69) is 10.1 Å². The van der Waals surface area contributed by atoms with Gasteiger partial charge in [-0.15, -0.1) is 0 Å². The molecule has 2 heterocycles. The van der Waals surface area contributed by atoms with Crippen molar-refractivity contribution in [1.29, 1.82) is 0 Å². The minimum atomic E-state index is -2.29. The van der Waals surface area contributed by atoms with Gasteiger partial charge >= 0.3 is 0 Å². The van der Waals surface area contributed by atoms with Crippen molar-refractivity contribution in [2.45, 2.75) is 13.2 Å². The van der Waals surface area contributed by atoms with E-state index in [-0.39, 0.29) is 18.1 Å². The lowest BCUT2D eigenvalue weighted by atomic mass is 10.2. The molecule has 5 nitrogen and oxygen atoms in total. The summed E-state index contributed by atoms with van der Waals surface area (Å²) in [6.45, 7) is -0.563. The molecule has 0 aliphatic rings. The summed E-state index contributed by atoms with van der Waals surface area (Å²) in [5, 5.41) is 2.50. The predicted molar refractivity (Wildman–Crippen MR) is 79.2 cm³/mol. The molecular weight excluding hydrogens is 377 g/mol. The van der Waals surface area contributed by atoms with Gasteiger partial charge in [0.25, 0.3) is 5.91 Å². The number of furan rings is 2. The second kappa shape index (κ2) is 7.52. The summed E-state index contributed by atoms with van der Waals surface area (Å²) < 4.78 is 81.1. The van der Waals surface area contributed by atoms with E-state index < -0.39 is 47.3 Å². The van der Waals surface area contributed by atoms with Crippen LogP contribution in [-0.4, -0.2) is 5.91 Å². The highest BCUT2D eigenvalue weighted by Crippen LogP contribution is 2.29. The molecule has 0 atom stereocenters. The predicted octanol–water partition coefficient (Wildman–Crippen LogP) is 4.08. The Balaban J connectivity index is 1.66. The average Bonchev–Trinajstić information content (AvgIpc) is 3.34. The van der Waals surface area contributed by atoms with Crippen LogP contribution in [0.5, 0.6) is 5.75 Å². The molecule has 1 aromatic carbocycles. The number of halogens is 5. The first-order valence-corrected chi connectivity index (χ1v) is 7.42. The minimum absolute atomic E-state index is 0.0675. The smallest absolute Gasteiger partial charge is 0.287 e. The lowest BCUT2D eigenvalue weighted by Crippen LogP contribution is -2.21. The van der Waals surface area contributed by atoms with Gasteiger partial charge in [0.15, 0.2) is 11.5 Å². The lowest BCUT2D eigenvalue weighted by Gasteiger charge is -2.09. The van der Waals surface area contributed by atoms with Gasteiger partial charge in [0, 0.05) is 0 Å². The van der Waals surface area contributed by atoms with Crippen LogP contribution in [0.3, 0.4) is 0 Å². The Kier molecular flexibility index (Phi) is 5.15. The van der Waals surface area contributed by atoms with E-state index in [9.17, 15) is 26.7 Å². The van der Waals surface area contributed by atoms with E-state index in [1.165, 1.54) is 18.4 Å². The third-order valence-electron chi connectivity index (χ3n) is 3.42. The van der Waals surface area contributed by atoms with E-state index in [0.29, 0.717) is 5.76 Å². The first-order valence-electron chi connectivity index (χ1n) is 7.42. The van der Waals surface area contributed by atoms with Crippen molar-refractivity contribution in [1.82, 2.24) is 5.32 Å². The molecule has 0 spiro atoms. The number of rotatable bonds is 6. The van der Waals surface area contributed by atoms with Crippen LogP contribution in [-0.2, 0) is 13.2 Å². The highest BCUT2D eigenvalue weighted by molar-refractivity contribution is 5.91. The molecule has 2 aromatic heterocycles. The van der Waals surface area contributed by atoms with Gasteiger partial charge in [-0.2, -0.15) is 8.78 Å². The van der Waals surface area contributed by atoms with Crippen LogP contribution < -0.4 is 10.1 Å². The Morgan fingerprint density at radius 3 is 2.22 bits per heavy atom. The first-order chi connectivity index (χ1) is 12.9. The van der Waals surface area contributed by atoms with E-state index >= 15 is 0 Å². The summed E-state index contributed by atoms with van der Waals surface area (Å²) in [7, 11) is 0. The summed E-state index contributed by atoms with van der Waals surface area (Å²) in [5.74, 6) is -12.5. The Morgan fingerprint density at radius 2 is 1.59 bits per heavy atom. The number of carbonyl (C=O) groups is 1. The van der Waals surface area contributed by atoms with Crippen LogP contribution in [0.2, 0.25) is 0 Å². The standard InChI is InChI=1S/C17H10F5NO4/c18-11-12(19)14(21)16(15(22)13(11)20)26-7-9-3-4-10(27-9)17(24)23-6-8-2-1-5-25-8/h1-5H,6-7H2,(H,23,24). The normalized spacial score (nSPS) is 10.9. The summed E-state index contributed by atoms with van der Waals surface area (Å²) >= 11 is 0. The molecule has 3 aromatic rings. The first kappa shape index (κ1) is 18.5. The Morgan fingerprint density at radius 1 is 0.926 bits per heavy atom. The summed E-state index contributed by atoms with van der Waals surface area (Å²) in [4.78, 5) is 11.9. The highest BCUT2D eigenvalue weighted by Gasteiger charge is 2.27. The zero-order valence-electron chi connectivity index (χ0n) is 13.3. The van der Waals surface area contributed by atoms with Crippen LogP contribution in [0.25, 0.3) is 0 Å². The van der Waals surface area contributed by atoms with Crippen molar-refractivity contribution >= 4 is 5.91 Å². The summed E-state index contributed by atoms with van der Waals surface area (Å²) in [6, 6.07) is 5.80. The molecule has 10 heteroatoms. The molecule has 0 fully saturated rings. The second-order valence-corrected chi connectivity index (χ2v) is 5.22.